The summed E-state index contributed by atoms with van der Waals surface area (Å²) in [6.45, 7) is 0. The molecule has 31 heavy (non-hydrogen) atoms. The van der Waals surface area contributed by atoms with E-state index in [1.165, 1.54) is 0 Å². The molecule has 0 aliphatic heterocycles. The van der Waals surface area contributed by atoms with Crippen LogP contribution in [0.4, 0.5) is 17.6 Å². The third-order valence-electron chi connectivity index (χ3n) is 6.00. The van der Waals surface area contributed by atoms with E-state index in [1.807, 2.05) is 0 Å². The van der Waals surface area contributed by atoms with Crippen molar-refractivity contribution in [3.63, 3.8) is 0 Å². The van der Waals surface area contributed by atoms with Gasteiger partial charge in [-0.05, 0) is 0 Å². The minimum absolute atomic E-state index is 0.0194. The van der Waals surface area contributed by atoms with Gasteiger partial charge in [-0.2, -0.15) is 0 Å². The predicted molar refractivity (Wildman–Crippen MR) is 115 cm³/mol. The zero-order valence-corrected chi connectivity index (χ0v) is 19.1. The van der Waals surface area contributed by atoms with Gasteiger partial charge < -0.3 is 0 Å². The van der Waals surface area contributed by atoms with E-state index in [0.29, 0.717) is 7.14 Å². The van der Waals surface area contributed by atoms with Crippen molar-refractivity contribution in [1.82, 2.24) is 0 Å². The predicted octanol–water partition coefficient (Wildman–Crippen LogP) is 5.13. The van der Waals surface area contributed by atoms with Crippen molar-refractivity contribution in [2.45, 2.75) is 36.5 Å². The van der Waals surface area contributed by atoms with Gasteiger partial charge in [0.15, 0.2) is 0 Å². The Kier molecular flexibility index (Phi) is 6.12. The fourth-order valence-electron chi connectivity index (χ4n) is 4.45. The number of hydrogen-bond donors (Lipinski definition) is 1. The van der Waals surface area contributed by atoms with Crippen molar-refractivity contribution >= 4 is 30.4 Å². The molecule has 1 N–H and O–H groups in total. The van der Waals surface area contributed by atoms with E-state index in [9.17, 15) is 31.1 Å². The van der Waals surface area contributed by atoms with Crippen molar-refractivity contribution < 1.29 is 33.6 Å². The molecular formula is C21H21F4IO4S. The van der Waals surface area contributed by atoms with Crippen molar-refractivity contribution in [3.05, 3.63) is 67.8 Å². The molecule has 0 radical (unpaired) electrons. The first-order valence-corrected chi connectivity index (χ1v) is 14.2. The molecule has 0 heterocycles. The molecule has 0 aromatic heterocycles. The summed E-state index contributed by atoms with van der Waals surface area (Å²) in [7, 11) is -5.96. The van der Waals surface area contributed by atoms with E-state index < -0.39 is 65.4 Å². The first-order chi connectivity index (χ1) is 14.5. The molecule has 0 spiro atoms. The molecule has 4 unspecified atom stereocenters. The Bertz CT molecular complexity index is 979. The summed E-state index contributed by atoms with van der Waals surface area (Å²) in [6, 6.07) is 15.9. The molecule has 2 saturated carbocycles. The molecule has 2 aromatic carbocycles. The Balaban J connectivity index is 1.65. The third-order valence-corrected chi connectivity index (χ3v) is 13.4. The quantitative estimate of drug-likeness (QED) is 0.370. The van der Waals surface area contributed by atoms with Crippen LogP contribution in [0.2, 0.25) is 0 Å². The fourth-order valence-corrected chi connectivity index (χ4v) is 11.5. The molecule has 0 amide bonds. The van der Waals surface area contributed by atoms with Gasteiger partial charge in [0.05, 0.1) is 0 Å². The zero-order chi connectivity index (χ0) is 22.4. The molecule has 2 aromatic rings. The fraction of sp³-hybridized carbons (Fsp3) is 0.429. The van der Waals surface area contributed by atoms with Crippen LogP contribution < -0.4 is 0 Å². The standard InChI is InChI=1S/C21H21F4IO4S/c22-20(23,18-12-15-11-14(18)13-19(15)27)21(24,25)31(28,29)30-26(16-7-3-1-4-8-16)17-9-5-2-6-10-17/h1-10,14-15,18-19,27H,11-13H2. The van der Waals surface area contributed by atoms with Gasteiger partial charge in [-0.1, -0.05) is 0 Å². The molecule has 170 valence electrons. The Morgan fingerprint density at radius 3 is 1.77 bits per heavy atom. The third kappa shape index (κ3) is 4.00. The number of aliphatic hydroxyl groups is 1. The zero-order valence-electron chi connectivity index (χ0n) is 16.2. The number of aliphatic hydroxyl groups excluding tert-OH is 1. The number of rotatable bonds is 7. The second-order valence-corrected chi connectivity index (χ2v) is 14.4. The topological polar surface area (TPSA) is 63.6 Å². The van der Waals surface area contributed by atoms with Crippen LogP contribution >= 0.6 is 20.2 Å². The van der Waals surface area contributed by atoms with Crippen LogP contribution in [-0.4, -0.2) is 30.8 Å². The maximum absolute atomic E-state index is 15.0. The molecule has 4 nitrogen and oxygen atoms in total. The van der Waals surface area contributed by atoms with Crippen LogP contribution in [0.5, 0.6) is 0 Å². The molecule has 2 aliphatic carbocycles. The van der Waals surface area contributed by atoms with Gasteiger partial charge in [0, 0.05) is 0 Å². The van der Waals surface area contributed by atoms with Gasteiger partial charge in [0.25, 0.3) is 0 Å². The number of fused-ring (bicyclic) bond motifs is 2. The molecule has 2 bridgehead atoms. The van der Waals surface area contributed by atoms with Crippen LogP contribution in [0.15, 0.2) is 60.7 Å². The number of hydrogen-bond acceptors (Lipinski definition) is 4. The van der Waals surface area contributed by atoms with Gasteiger partial charge in [-0.15, -0.1) is 0 Å². The second kappa shape index (κ2) is 8.27. The maximum atomic E-state index is 15.0. The monoisotopic (exact) mass is 572 g/mol. The Morgan fingerprint density at radius 2 is 1.35 bits per heavy atom. The van der Waals surface area contributed by atoms with Gasteiger partial charge in [-0.25, -0.2) is 0 Å². The van der Waals surface area contributed by atoms with Crippen LogP contribution in [0.3, 0.4) is 0 Å². The van der Waals surface area contributed by atoms with Crippen LogP contribution in [-0.2, 0) is 12.6 Å². The van der Waals surface area contributed by atoms with Gasteiger partial charge in [-0.3, -0.25) is 0 Å². The van der Waals surface area contributed by atoms with Crippen molar-refractivity contribution in [2.24, 2.45) is 17.8 Å². The first kappa shape index (κ1) is 22.9. The SMILES string of the molecule is O=S(=O)(OI(c1ccccc1)c1ccccc1)C(F)(F)C(F)(F)C1CC2CC1CC2O. The Labute approximate surface area is 185 Å². The molecule has 4 atom stereocenters. The number of benzene rings is 2. The molecule has 4 rings (SSSR count). The first-order valence-electron chi connectivity index (χ1n) is 9.73. The van der Waals surface area contributed by atoms with E-state index in [2.05, 4.69) is 0 Å². The molecule has 2 fully saturated rings. The van der Waals surface area contributed by atoms with Crippen molar-refractivity contribution in [1.29, 1.82) is 0 Å². The summed E-state index contributed by atoms with van der Waals surface area (Å²) >= 11 is -3.47. The van der Waals surface area contributed by atoms with E-state index >= 15 is 0 Å². The summed E-state index contributed by atoms with van der Waals surface area (Å²) in [4.78, 5) is 0. The molecular weight excluding hydrogens is 551 g/mol. The molecule has 2 aliphatic rings. The second-order valence-electron chi connectivity index (χ2n) is 7.90. The van der Waals surface area contributed by atoms with Gasteiger partial charge in [0.2, 0.25) is 0 Å². The van der Waals surface area contributed by atoms with E-state index in [-0.39, 0.29) is 19.3 Å². The summed E-state index contributed by atoms with van der Waals surface area (Å²) in [5.74, 6) is -7.96. The van der Waals surface area contributed by atoms with E-state index in [4.69, 9.17) is 2.51 Å². The number of alkyl halides is 4. The average Bonchev–Trinajstić information content (AvgIpc) is 3.33. The van der Waals surface area contributed by atoms with Gasteiger partial charge in [0.1, 0.15) is 0 Å². The Morgan fingerprint density at radius 1 is 0.839 bits per heavy atom. The summed E-state index contributed by atoms with van der Waals surface area (Å²) in [5.41, 5.74) is 0. The number of halogens is 5. The van der Waals surface area contributed by atoms with Crippen LogP contribution in [0, 0.1) is 24.9 Å². The van der Waals surface area contributed by atoms with Crippen LogP contribution in [0.25, 0.3) is 0 Å². The molecule has 10 heteroatoms. The van der Waals surface area contributed by atoms with E-state index in [0.717, 1.165) is 0 Å². The summed E-state index contributed by atoms with van der Waals surface area (Å²) < 4.78 is 90.8. The summed E-state index contributed by atoms with van der Waals surface area (Å²) in [6.07, 6.45) is -0.948. The summed E-state index contributed by atoms with van der Waals surface area (Å²) in [5, 5.41) is 4.38. The van der Waals surface area contributed by atoms with Crippen LogP contribution in [0.1, 0.15) is 19.3 Å². The van der Waals surface area contributed by atoms with Crippen molar-refractivity contribution in [2.75, 3.05) is 0 Å². The average molecular weight is 572 g/mol. The van der Waals surface area contributed by atoms with E-state index in [1.54, 1.807) is 60.7 Å². The normalized spacial score (nSPS) is 26.8. The Hall–Kier alpha value is -1.24. The molecule has 0 saturated heterocycles. The minimum atomic E-state index is -5.96. The van der Waals surface area contributed by atoms with Crippen molar-refractivity contribution in [3.8, 4) is 0 Å². The van der Waals surface area contributed by atoms with Gasteiger partial charge >= 0.3 is 186 Å².